The van der Waals surface area contributed by atoms with Gasteiger partial charge in [0.25, 0.3) is 0 Å². The van der Waals surface area contributed by atoms with Crippen molar-refractivity contribution in [2.24, 2.45) is 0 Å². The number of hydrogen-bond acceptors (Lipinski definition) is 6. The molecule has 1 aliphatic rings. The van der Waals surface area contributed by atoms with Crippen molar-refractivity contribution in [3.63, 3.8) is 0 Å². The van der Waals surface area contributed by atoms with Gasteiger partial charge in [-0.3, -0.25) is 0 Å². The quantitative estimate of drug-likeness (QED) is 0.837. The molecule has 0 aromatic carbocycles. The van der Waals surface area contributed by atoms with E-state index in [1.165, 1.54) is 0 Å². The van der Waals surface area contributed by atoms with Crippen LogP contribution in [-0.4, -0.2) is 49.2 Å². The van der Waals surface area contributed by atoms with E-state index in [1.807, 2.05) is 0 Å². The van der Waals surface area contributed by atoms with Crippen molar-refractivity contribution in [2.75, 3.05) is 31.7 Å². The second kappa shape index (κ2) is 5.95. The first-order chi connectivity index (χ1) is 8.60. The lowest BCUT2D eigenvalue weighted by Crippen LogP contribution is -2.48. The van der Waals surface area contributed by atoms with Crippen LogP contribution in [0.1, 0.15) is 31.7 Å². The summed E-state index contributed by atoms with van der Waals surface area (Å²) in [6, 6.07) is 0. The minimum Gasteiger partial charge on any atom is -0.382 e. The smallest absolute Gasteiger partial charge is 0.208 e. The van der Waals surface area contributed by atoms with Gasteiger partial charge in [0.1, 0.15) is 5.01 Å². The van der Waals surface area contributed by atoms with Crippen LogP contribution in [0.2, 0.25) is 0 Å². The molecule has 6 heteroatoms. The van der Waals surface area contributed by atoms with Gasteiger partial charge in [0, 0.05) is 26.1 Å². The Labute approximate surface area is 112 Å². The molecule has 18 heavy (non-hydrogen) atoms. The predicted octanol–water partition coefficient (Wildman–Crippen LogP) is 1.90. The maximum Gasteiger partial charge on any atom is 0.208 e. The number of morpholine rings is 1. The molecule has 1 aliphatic heterocycles. The van der Waals surface area contributed by atoms with E-state index in [2.05, 4.69) is 35.9 Å². The van der Waals surface area contributed by atoms with E-state index < -0.39 is 0 Å². The Morgan fingerprint density at radius 3 is 2.83 bits per heavy atom. The van der Waals surface area contributed by atoms with Gasteiger partial charge in [-0.25, -0.2) is 0 Å². The van der Waals surface area contributed by atoms with Crippen molar-refractivity contribution in [3.8, 4) is 0 Å². The lowest BCUT2D eigenvalue weighted by molar-refractivity contribution is -0.0511. The van der Waals surface area contributed by atoms with Crippen molar-refractivity contribution >= 4 is 16.5 Å². The molecule has 0 amide bonds. The van der Waals surface area contributed by atoms with E-state index in [4.69, 9.17) is 9.47 Å². The normalized spacial score (nSPS) is 24.8. The first-order valence-electron chi connectivity index (χ1n) is 6.33. The number of anilines is 1. The van der Waals surface area contributed by atoms with Crippen LogP contribution in [-0.2, 0) is 9.47 Å². The molecule has 0 bridgehead atoms. The van der Waals surface area contributed by atoms with Crippen molar-refractivity contribution in [3.05, 3.63) is 5.01 Å². The maximum absolute atomic E-state index is 5.82. The van der Waals surface area contributed by atoms with Crippen LogP contribution in [0.3, 0.4) is 0 Å². The summed E-state index contributed by atoms with van der Waals surface area (Å²) in [6.45, 7) is 8.67. The van der Waals surface area contributed by atoms with Gasteiger partial charge < -0.3 is 14.4 Å². The number of methoxy groups -OCH3 is 1. The van der Waals surface area contributed by atoms with E-state index in [0.717, 1.165) is 23.2 Å². The summed E-state index contributed by atoms with van der Waals surface area (Å²) in [5.74, 6) is 0.435. The Balaban J connectivity index is 2.06. The van der Waals surface area contributed by atoms with Gasteiger partial charge in [0.05, 0.1) is 18.8 Å². The van der Waals surface area contributed by atoms with E-state index in [9.17, 15) is 0 Å². The molecule has 1 fully saturated rings. The topological polar surface area (TPSA) is 47.5 Å². The molecule has 1 saturated heterocycles. The van der Waals surface area contributed by atoms with E-state index in [1.54, 1.807) is 18.4 Å². The van der Waals surface area contributed by atoms with Crippen LogP contribution in [0, 0.1) is 0 Å². The second-order valence-corrected chi connectivity index (χ2v) is 5.99. The fraction of sp³-hybridized carbons (Fsp3) is 0.833. The Bertz CT molecular complexity index is 383. The summed E-state index contributed by atoms with van der Waals surface area (Å²) in [5, 5.41) is 10.6. The van der Waals surface area contributed by atoms with Crippen molar-refractivity contribution in [1.29, 1.82) is 0 Å². The molecule has 2 unspecified atom stereocenters. The number of nitrogens with zero attached hydrogens (tertiary/aromatic N) is 3. The molecule has 1 aromatic heterocycles. The van der Waals surface area contributed by atoms with Crippen molar-refractivity contribution in [2.45, 2.75) is 38.9 Å². The van der Waals surface area contributed by atoms with Crippen LogP contribution in [0.15, 0.2) is 0 Å². The lowest BCUT2D eigenvalue weighted by atomic mass is 10.2. The molecule has 0 N–H and O–H groups in total. The maximum atomic E-state index is 5.82. The molecule has 0 radical (unpaired) electrons. The molecule has 102 valence electrons. The van der Waals surface area contributed by atoms with Gasteiger partial charge in [-0.1, -0.05) is 25.2 Å². The first-order valence-corrected chi connectivity index (χ1v) is 7.14. The molecule has 1 aromatic rings. The summed E-state index contributed by atoms with van der Waals surface area (Å²) in [4.78, 5) is 2.25. The monoisotopic (exact) mass is 271 g/mol. The summed E-state index contributed by atoms with van der Waals surface area (Å²) < 4.78 is 11.0. The van der Waals surface area contributed by atoms with Crippen molar-refractivity contribution in [1.82, 2.24) is 10.2 Å². The van der Waals surface area contributed by atoms with Crippen molar-refractivity contribution < 1.29 is 9.47 Å². The molecule has 2 heterocycles. The minimum absolute atomic E-state index is 0.116. The average molecular weight is 271 g/mol. The van der Waals surface area contributed by atoms with E-state index in [0.29, 0.717) is 12.5 Å². The Hall–Kier alpha value is -0.720. The van der Waals surface area contributed by atoms with Gasteiger partial charge in [0.2, 0.25) is 5.13 Å². The molecular weight excluding hydrogens is 250 g/mol. The molecule has 2 atom stereocenters. The number of aromatic nitrogens is 2. The highest BCUT2D eigenvalue weighted by Gasteiger charge is 2.27. The highest BCUT2D eigenvalue weighted by Crippen LogP contribution is 2.27. The molecule has 0 spiro atoms. The number of ether oxygens (including phenoxy) is 2. The third kappa shape index (κ3) is 3.18. The SMILES string of the molecule is COCC1CN(c2nnc(C(C)C)s2)CC(C)O1. The molecular formula is C12H21N3O2S. The highest BCUT2D eigenvalue weighted by molar-refractivity contribution is 7.15. The highest BCUT2D eigenvalue weighted by atomic mass is 32.1. The number of rotatable bonds is 4. The Morgan fingerprint density at radius 1 is 1.44 bits per heavy atom. The minimum atomic E-state index is 0.116. The largest absolute Gasteiger partial charge is 0.382 e. The summed E-state index contributed by atoms with van der Waals surface area (Å²) in [5.41, 5.74) is 0. The second-order valence-electron chi connectivity index (χ2n) is 5.01. The van der Waals surface area contributed by atoms with Crippen LogP contribution < -0.4 is 4.90 Å². The van der Waals surface area contributed by atoms with Gasteiger partial charge >= 0.3 is 0 Å². The van der Waals surface area contributed by atoms with Crippen LogP contribution in [0.25, 0.3) is 0 Å². The average Bonchev–Trinajstić information content (AvgIpc) is 2.78. The van der Waals surface area contributed by atoms with E-state index >= 15 is 0 Å². The van der Waals surface area contributed by atoms with E-state index in [-0.39, 0.29) is 12.2 Å². The third-order valence-electron chi connectivity index (χ3n) is 2.87. The lowest BCUT2D eigenvalue weighted by Gasteiger charge is -2.36. The van der Waals surface area contributed by atoms with Crippen LogP contribution in [0.5, 0.6) is 0 Å². The standard InChI is InChI=1S/C12H21N3O2S/c1-8(2)11-13-14-12(18-11)15-5-9(3)17-10(6-15)7-16-4/h8-10H,5-7H2,1-4H3. The van der Waals surface area contributed by atoms with Crippen LogP contribution in [0.4, 0.5) is 5.13 Å². The van der Waals surface area contributed by atoms with Gasteiger partial charge in [-0.15, -0.1) is 10.2 Å². The van der Waals surface area contributed by atoms with Gasteiger partial charge in [-0.05, 0) is 6.92 Å². The zero-order valence-corrected chi connectivity index (χ0v) is 12.2. The molecule has 0 aliphatic carbocycles. The Kier molecular flexibility index (Phi) is 4.53. The van der Waals surface area contributed by atoms with Gasteiger partial charge in [-0.2, -0.15) is 0 Å². The number of hydrogen-bond donors (Lipinski definition) is 0. The Morgan fingerprint density at radius 2 is 2.22 bits per heavy atom. The third-order valence-corrected chi connectivity index (χ3v) is 4.16. The first kappa shape index (κ1) is 13.7. The fourth-order valence-electron chi connectivity index (χ4n) is 2.07. The summed E-state index contributed by atoms with van der Waals surface area (Å²) in [6.07, 6.45) is 0.315. The zero-order chi connectivity index (χ0) is 13.1. The molecule has 2 rings (SSSR count). The molecule has 5 nitrogen and oxygen atoms in total. The summed E-state index contributed by atoms with van der Waals surface area (Å²) in [7, 11) is 1.70. The molecule has 0 saturated carbocycles. The van der Waals surface area contributed by atoms with Gasteiger partial charge in [0.15, 0.2) is 0 Å². The fourth-order valence-corrected chi connectivity index (χ4v) is 2.93. The zero-order valence-electron chi connectivity index (χ0n) is 11.4. The predicted molar refractivity (Wildman–Crippen MR) is 72.4 cm³/mol. The summed E-state index contributed by atoms with van der Waals surface area (Å²) >= 11 is 1.68. The van der Waals surface area contributed by atoms with Crippen LogP contribution >= 0.6 is 11.3 Å².